The molecule has 0 amide bonds. The van der Waals surface area contributed by atoms with Crippen LogP contribution in [0.1, 0.15) is 20.3 Å². The topological polar surface area (TPSA) is 30.5 Å². The first-order valence-electron chi connectivity index (χ1n) is 4.69. The Kier molecular flexibility index (Phi) is 4.58. The Balaban J connectivity index is 1.98. The maximum Gasteiger partial charge on any atom is 0.147 e. The summed E-state index contributed by atoms with van der Waals surface area (Å²) < 4.78 is 10.5. The Bertz CT molecular complexity index is 111. The standard InChI is InChI=1S/C9H19NO2/c1-8(2)5-10-6-9-3-4-11-7-12-9/h8-10H,3-7H2,1-2H3. The SMILES string of the molecule is CC(C)CNCC1CCOCO1. The Morgan fingerprint density at radius 2 is 2.33 bits per heavy atom. The zero-order valence-electron chi connectivity index (χ0n) is 8.01. The molecule has 0 saturated carbocycles. The molecular weight excluding hydrogens is 154 g/mol. The van der Waals surface area contributed by atoms with Crippen LogP contribution in [0, 0.1) is 5.92 Å². The molecule has 0 bridgehead atoms. The van der Waals surface area contributed by atoms with Crippen LogP contribution in [0.25, 0.3) is 0 Å². The molecule has 0 spiro atoms. The van der Waals surface area contributed by atoms with E-state index in [1.807, 2.05) is 0 Å². The van der Waals surface area contributed by atoms with Crippen molar-refractivity contribution in [3.8, 4) is 0 Å². The molecule has 3 nitrogen and oxygen atoms in total. The Morgan fingerprint density at radius 1 is 1.50 bits per heavy atom. The maximum atomic E-state index is 5.38. The fraction of sp³-hybridized carbons (Fsp3) is 1.00. The second kappa shape index (κ2) is 5.51. The van der Waals surface area contributed by atoms with Crippen LogP contribution in [-0.4, -0.2) is 32.6 Å². The fourth-order valence-corrected chi connectivity index (χ4v) is 1.20. The molecule has 0 radical (unpaired) electrons. The average molecular weight is 173 g/mol. The molecule has 0 aromatic carbocycles. The fourth-order valence-electron chi connectivity index (χ4n) is 1.20. The number of hydrogen-bond donors (Lipinski definition) is 1. The second-order valence-electron chi connectivity index (χ2n) is 3.66. The molecule has 1 N–H and O–H groups in total. The maximum absolute atomic E-state index is 5.38. The summed E-state index contributed by atoms with van der Waals surface area (Å²) in [5, 5.41) is 3.37. The van der Waals surface area contributed by atoms with E-state index in [1.54, 1.807) is 0 Å². The van der Waals surface area contributed by atoms with Crippen molar-refractivity contribution in [3.63, 3.8) is 0 Å². The van der Waals surface area contributed by atoms with Gasteiger partial charge in [-0.25, -0.2) is 0 Å². The van der Waals surface area contributed by atoms with Crippen molar-refractivity contribution >= 4 is 0 Å². The minimum atomic E-state index is 0.359. The molecular formula is C9H19NO2. The van der Waals surface area contributed by atoms with E-state index in [-0.39, 0.29) is 0 Å². The zero-order valence-corrected chi connectivity index (χ0v) is 8.01. The molecule has 1 heterocycles. The lowest BCUT2D eigenvalue weighted by atomic mass is 10.2. The van der Waals surface area contributed by atoms with E-state index in [4.69, 9.17) is 9.47 Å². The van der Waals surface area contributed by atoms with Gasteiger partial charge in [-0.05, 0) is 18.9 Å². The van der Waals surface area contributed by atoms with Gasteiger partial charge in [0, 0.05) is 6.54 Å². The van der Waals surface area contributed by atoms with Crippen molar-refractivity contribution in [2.75, 3.05) is 26.5 Å². The monoisotopic (exact) mass is 173 g/mol. The second-order valence-corrected chi connectivity index (χ2v) is 3.66. The summed E-state index contributed by atoms with van der Waals surface area (Å²) in [6.45, 7) is 7.75. The predicted molar refractivity (Wildman–Crippen MR) is 48.0 cm³/mol. The number of ether oxygens (including phenoxy) is 2. The molecule has 1 aliphatic heterocycles. The average Bonchev–Trinajstić information content (AvgIpc) is 2.05. The molecule has 1 unspecified atom stereocenters. The first-order chi connectivity index (χ1) is 5.79. The summed E-state index contributed by atoms with van der Waals surface area (Å²) in [4.78, 5) is 0. The van der Waals surface area contributed by atoms with Crippen molar-refractivity contribution in [2.45, 2.75) is 26.4 Å². The molecule has 3 heteroatoms. The van der Waals surface area contributed by atoms with E-state index in [0.717, 1.165) is 26.1 Å². The van der Waals surface area contributed by atoms with Gasteiger partial charge >= 0.3 is 0 Å². The minimum absolute atomic E-state index is 0.359. The lowest BCUT2D eigenvalue weighted by Gasteiger charge is -2.23. The van der Waals surface area contributed by atoms with E-state index >= 15 is 0 Å². The third kappa shape index (κ3) is 4.04. The Morgan fingerprint density at radius 3 is 2.92 bits per heavy atom. The van der Waals surface area contributed by atoms with Gasteiger partial charge in [0.15, 0.2) is 0 Å². The first-order valence-corrected chi connectivity index (χ1v) is 4.69. The van der Waals surface area contributed by atoms with Crippen LogP contribution in [-0.2, 0) is 9.47 Å². The third-order valence-corrected chi connectivity index (χ3v) is 1.90. The van der Waals surface area contributed by atoms with Crippen molar-refractivity contribution < 1.29 is 9.47 Å². The molecule has 1 fully saturated rings. The van der Waals surface area contributed by atoms with Gasteiger partial charge in [-0.15, -0.1) is 0 Å². The summed E-state index contributed by atoms with van der Waals surface area (Å²) in [6.07, 6.45) is 1.38. The summed E-state index contributed by atoms with van der Waals surface area (Å²) >= 11 is 0. The summed E-state index contributed by atoms with van der Waals surface area (Å²) in [6, 6.07) is 0. The molecule has 12 heavy (non-hydrogen) atoms. The van der Waals surface area contributed by atoms with Crippen molar-refractivity contribution in [3.05, 3.63) is 0 Å². The Labute approximate surface area is 74.4 Å². The van der Waals surface area contributed by atoms with Gasteiger partial charge in [0.2, 0.25) is 0 Å². The van der Waals surface area contributed by atoms with Crippen LogP contribution >= 0.6 is 0 Å². The van der Waals surface area contributed by atoms with Gasteiger partial charge in [0.25, 0.3) is 0 Å². The van der Waals surface area contributed by atoms with Crippen LogP contribution in [0.2, 0.25) is 0 Å². The highest BCUT2D eigenvalue weighted by molar-refractivity contribution is 4.64. The van der Waals surface area contributed by atoms with E-state index in [9.17, 15) is 0 Å². The van der Waals surface area contributed by atoms with E-state index < -0.39 is 0 Å². The highest BCUT2D eigenvalue weighted by Crippen LogP contribution is 2.04. The van der Waals surface area contributed by atoms with E-state index in [1.165, 1.54) is 0 Å². The number of hydrogen-bond acceptors (Lipinski definition) is 3. The number of nitrogens with one attached hydrogen (secondary N) is 1. The van der Waals surface area contributed by atoms with E-state index in [2.05, 4.69) is 19.2 Å². The number of rotatable bonds is 4. The van der Waals surface area contributed by atoms with Gasteiger partial charge in [-0.1, -0.05) is 13.8 Å². The van der Waals surface area contributed by atoms with Gasteiger partial charge in [-0.3, -0.25) is 0 Å². The normalized spacial score (nSPS) is 24.8. The minimum Gasteiger partial charge on any atom is -0.355 e. The van der Waals surface area contributed by atoms with Crippen molar-refractivity contribution in [1.29, 1.82) is 0 Å². The van der Waals surface area contributed by atoms with Gasteiger partial charge in [0.05, 0.1) is 12.7 Å². The summed E-state index contributed by atoms with van der Waals surface area (Å²) in [5.41, 5.74) is 0. The third-order valence-electron chi connectivity index (χ3n) is 1.90. The molecule has 1 atom stereocenters. The highest BCUT2D eigenvalue weighted by atomic mass is 16.7. The largest absolute Gasteiger partial charge is 0.355 e. The van der Waals surface area contributed by atoms with Crippen molar-refractivity contribution in [1.82, 2.24) is 5.32 Å². The lowest BCUT2D eigenvalue weighted by molar-refractivity contribution is -0.137. The molecule has 1 rings (SSSR count). The van der Waals surface area contributed by atoms with Gasteiger partial charge in [-0.2, -0.15) is 0 Å². The first kappa shape index (κ1) is 9.96. The molecule has 0 aliphatic carbocycles. The van der Waals surface area contributed by atoms with Crippen LogP contribution in [0.3, 0.4) is 0 Å². The quantitative estimate of drug-likeness (QED) is 0.688. The summed E-state index contributed by atoms with van der Waals surface area (Å²) in [7, 11) is 0. The smallest absolute Gasteiger partial charge is 0.147 e. The van der Waals surface area contributed by atoms with Gasteiger partial charge < -0.3 is 14.8 Å². The van der Waals surface area contributed by atoms with Crippen LogP contribution in [0.4, 0.5) is 0 Å². The van der Waals surface area contributed by atoms with Crippen molar-refractivity contribution in [2.24, 2.45) is 5.92 Å². The molecule has 0 aromatic rings. The molecule has 0 aromatic heterocycles. The molecule has 1 saturated heterocycles. The highest BCUT2D eigenvalue weighted by Gasteiger charge is 2.12. The zero-order chi connectivity index (χ0) is 8.81. The lowest BCUT2D eigenvalue weighted by Crippen LogP contribution is -2.35. The summed E-state index contributed by atoms with van der Waals surface area (Å²) in [5.74, 6) is 0.713. The van der Waals surface area contributed by atoms with Crippen LogP contribution in [0.5, 0.6) is 0 Å². The predicted octanol–water partition coefficient (Wildman–Crippen LogP) is 0.995. The van der Waals surface area contributed by atoms with Crippen LogP contribution in [0.15, 0.2) is 0 Å². The Hall–Kier alpha value is -0.120. The molecule has 72 valence electrons. The molecule has 1 aliphatic rings. The van der Waals surface area contributed by atoms with Gasteiger partial charge in [0.1, 0.15) is 6.79 Å². The van der Waals surface area contributed by atoms with E-state index in [0.29, 0.717) is 18.8 Å². The van der Waals surface area contributed by atoms with Crippen LogP contribution < -0.4 is 5.32 Å².